The fourth-order valence-corrected chi connectivity index (χ4v) is 2.42. The lowest BCUT2D eigenvalue weighted by Gasteiger charge is -2.32. The van der Waals surface area contributed by atoms with E-state index in [1.54, 1.807) is 0 Å². The molecule has 2 rings (SSSR count). The third-order valence-corrected chi connectivity index (χ3v) is 3.78. The molecular weight excluding hydrogens is 226 g/mol. The summed E-state index contributed by atoms with van der Waals surface area (Å²) < 4.78 is 1.94. The van der Waals surface area contributed by atoms with Gasteiger partial charge < -0.3 is 10.2 Å². The summed E-state index contributed by atoms with van der Waals surface area (Å²) in [6, 6.07) is 2.44. The molecule has 1 fully saturated rings. The lowest BCUT2D eigenvalue weighted by atomic mass is 10.2. The number of aryl methyl sites for hydroxylation is 1. The number of rotatable bonds is 5. The molecule has 5 heteroatoms. The molecule has 1 saturated heterocycles. The van der Waals surface area contributed by atoms with Gasteiger partial charge in [-0.25, -0.2) is 0 Å². The molecule has 5 nitrogen and oxygen atoms in total. The Morgan fingerprint density at radius 3 is 2.61 bits per heavy atom. The molecule has 1 aliphatic rings. The van der Waals surface area contributed by atoms with Gasteiger partial charge in [0.05, 0.1) is 5.69 Å². The maximum absolute atomic E-state index is 4.20. The monoisotopic (exact) mass is 251 g/mol. The highest BCUT2D eigenvalue weighted by Gasteiger charge is 2.14. The van der Waals surface area contributed by atoms with E-state index in [1.807, 2.05) is 17.9 Å². The van der Waals surface area contributed by atoms with Crippen LogP contribution in [0.25, 0.3) is 0 Å². The third kappa shape index (κ3) is 3.54. The molecule has 1 aliphatic heterocycles. The predicted molar refractivity (Wildman–Crippen MR) is 73.6 cm³/mol. The second-order valence-electron chi connectivity index (χ2n) is 5.20. The minimum Gasteiger partial charge on any atom is -0.308 e. The fraction of sp³-hybridized carbons (Fsp3) is 0.769. The summed E-state index contributed by atoms with van der Waals surface area (Å²) in [4.78, 5) is 4.92. The lowest BCUT2D eigenvalue weighted by molar-refractivity contribution is 0.154. The van der Waals surface area contributed by atoms with Gasteiger partial charge in [-0.2, -0.15) is 5.10 Å². The summed E-state index contributed by atoms with van der Waals surface area (Å²) in [6.45, 7) is 9.14. The van der Waals surface area contributed by atoms with Gasteiger partial charge in [-0.1, -0.05) is 0 Å². The lowest BCUT2D eigenvalue weighted by Crippen LogP contribution is -2.46. The molecule has 1 aromatic rings. The molecular formula is C13H25N5. The van der Waals surface area contributed by atoms with Gasteiger partial charge >= 0.3 is 0 Å². The maximum Gasteiger partial charge on any atom is 0.0547 e. The third-order valence-electron chi connectivity index (χ3n) is 3.78. The van der Waals surface area contributed by atoms with E-state index >= 15 is 0 Å². The van der Waals surface area contributed by atoms with Gasteiger partial charge in [0.1, 0.15) is 0 Å². The number of likely N-dealkylation sites (N-methyl/N-ethyl adjacent to an activating group) is 1. The van der Waals surface area contributed by atoms with Crippen LogP contribution in [0.15, 0.2) is 12.3 Å². The van der Waals surface area contributed by atoms with Crippen LogP contribution >= 0.6 is 0 Å². The molecule has 102 valence electrons. The van der Waals surface area contributed by atoms with Gasteiger partial charge in [-0.15, -0.1) is 0 Å². The van der Waals surface area contributed by atoms with Crippen molar-refractivity contribution >= 4 is 0 Å². The first-order valence-corrected chi connectivity index (χ1v) is 6.79. The van der Waals surface area contributed by atoms with E-state index < -0.39 is 0 Å². The zero-order valence-corrected chi connectivity index (χ0v) is 11.8. The highest BCUT2D eigenvalue weighted by molar-refractivity contribution is 5.05. The summed E-state index contributed by atoms with van der Waals surface area (Å²) in [5, 5.41) is 7.77. The topological polar surface area (TPSA) is 36.3 Å². The number of piperazine rings is 1. The van der Waals surface area contributed by atoms with Crippen molar-refractivity contribution in [2.24, 2.45) is 7.05 Å². The summed E-state index contributed by atoms with van der Waals surface area (Å²) >= 11 is 0. The molecule has 1 N–H and O–H groups in total. The van der Waals surface area contributed by atoms with E-state index in [-0.39, 0.29) is 0 Å². The van der Waals surface area contributed by atoms with Crippen molar-refractivity contribution in [2.45, 2.75) is 13.0 Å². The molecule has 1 atom stereocenters. The average Bonchev–Trinajstić information content (AvgIpc) is 2.78. The first-order valence-electron chi connectivity index (χ1n) is 6.79. The number of nitrogens with one attached hydrogen (secondary N) is 1. The Hall–Kier alpha value is -0.910. The Kier molecular flexibility index (Phi) is 4.74. The van der Waals surface area contributed by atoms with Crippen LogP contribution in [0.1, 0.15) is 18.7 Å². The van der Waals surface area contributed by atoms with Crippen LogP contribution in [-0.4, -0.2) is 65.9 Å². The molecule has 2 heterocycles. The Balaban J connectivity index is 1.68. The van der Waals surface area contributed by atoms with Crippen molar-refractivity contribution in [2.75, 3.05) is 46.3 Å². The zero-order valence-electron chi connectivity index (χ0n) is 11.8. The highest BCUT2D eigenvalue weighted by atomic mass is 15.3. The standard InChI is InChI=1S/C13H25N5/c1-12(13-4-5-15-17(13)3)14-6-7-18-10-8-16(2)9-11-18/h4-5,12,14H,6-11H2,1-3H3. The molecule has 1 unspecified atom stereocenters. The van der Waals surface area contributed by atoms with Crippen molar-refractivity contribution in [3.63, 3.8) is 0 Å². The Bertz CT molecular complexity index is 354. The highest BCUT2D eigenvalue weighted by Crippen LogP contribution is 2.09. The van der Waals surface area contributed by atoms with Crippen molar-refractivity contribution in [3.05, 3.63) is 18.0 Å². The Morgan fingerprint density at radius 1 is 1.28 bits per heavy atom. The summed E-state index contributed by atoms with van der Waals surface area (Å²) in [5.41, 5.74) is 1.24. The van der Waals surface area contributed by atoms with E-state index in [0.29, 0.717) is 6.04 Å². The van der Waals surface area contributed by atoms with Gasteiger partial charge in [0.25, 0.3) is 0 Å². The molecule has 0 spiro atoms. The second kappa shape index (κ2) is 6.31. The summed E-state index contributed by atoms with van der Waals surface area (Å²) in [7, 11) is 4.19. The van der Waals surface area contributed by atoms with Gasteiger partial charge in [0, 0.05) is 58.6 Å². The number of hydrogen-bond acceptors (Lipinski definition) is 4. The fourth-order valence-electron chi connectivity index (χ4n) is 2.42. The van der Waals surface area contributed by atoms with Crippen molar-refractivity contribution in [1.29, 1.82) is 0 Å². The second-order valence-corrected chi connectivity index (χ2v) is 5.20. The van der Waals surface area contributed by atoms with E-state index in [9.17, 15) is 0 Å². The van der Waals surface area contributed by atoms with Crippen LogP contribution in [0.3, 0.4) is 0 Å². The largest absolute Gasteiger partial charge is 0.308 e. The summed E-state index contributed by atoms with van der Waals surface area (Å²) in [6.07, 6.45) is 1.86. The van der Waals surface area contributed by atoms with E-state index in [4.69, 9.17) is 0 Å². The first-order chi connectivity index (χ1) is 8.66. The number of aromatic nitrogens is 2. The molecule has 0 aromatic carbocycles. The quantitative estimate of drug-likeness (QED) is 0.817. The minimum absolute atomic E-state index is 0.366. The summed E-state index contributed by atoms with van der Waals surface area (Å²) in [5.74, 6) is 0. The molecule has 1 aromatic heterocycles. The van der Waals surface area contributed by atoms with Crippen LogP contribution in [0, 0.1) is 0 Å². The number of hydrogen-bond donors (Lipinski definition) is 1. The van der Waals surface area contributed by atoms with Crippen molar-refractivity contribution in [3.8, 4) is 0 Å². The van der Waals surface area contributed by atoms with Crippen molar-refractivity contribution < 1.29 is 0 Å². The first kappa shape index (κ1) is 13.5. The molecule has 18 heavy (non-hydrogen) atoms. The molecule has 0 radical (unpaired) electrons. The van der Waals surface area contributed by atoms with Crippen LogP contribution in [0.5, 0.6) is 0 Å². The smallest absolute Gasteiger partial charge is 0.0547 e. The number of nitrogens with zero attached hydrogens (tertiary/aromatic N) is 4. The normalized spacial score (nSPS) is 20.2. The van der Waals surface area contributed by atoms with Crippen LogP contribution in [0.4, 0.5) is 0 Å². The Labute approximate surface area is 110 Å². The zero-order chi connectivity index (χ0) is 13.0. The van der Waals surface area contributed by atoms with Gasteiger partial charge in [0.2, 0.25) is 0 Å². The molecule has 0 amide bonds. The van der Waals surface area contributed by atoms with Crippen LogP contribution in [0.2, 0.25) is 0 Å². The SMILES string of the molecule is CC(NCCN1CCN(C)CC1)c1ccnn1C. The molecule has 0 aliphatic carbocycles. The maximum atomic E-state index is 4.20. The van der Waals surface area contributed by atoms with E-state index in [1.165, 1.54) is 31.9 Å². The predicted octanol–water partition coefficient (Wildman–Crippen LogP) is 0.318. The van der Waals surface area contributed by atoms with Gasteiger partial charge in [-0.05, 0) is 20.0 Å². The van der Waals surface area contributed by atoms with Crippen LogP contribution in [-0.2, 0) is 7.05 Å². The minimum atomic E-state index is 0.366. The van der Waals surface area contributed by atoms with Gasteiger partial charge in [0.15, 0.2) is 0 Å². The Morgan fingerprint density at radius 2 is 2.00 bits per heavy atom. The van der Waals surface area contributed by atoms with E-state index in [2.05, 4.69) is 40.3 Å². The van der Waals surface area contributed by atoms with Gasteiger partial charge in [-0.3, -0.25) is 9.58 Å². The molecule has 0 bridgehead atoms. The van der Waals surface area contributed by atoms with Crippen LogP contribution < -0.4 is 5.32 Å². The molecule has 0 saturated carbocycles. The van der Waals surface area contributed by atoms with Crippen molar-refractivity contribution in [1.82, 2.24) is 24.9 Å². The van der Waals surface area contributed by atoms with E-state index in [0.717, 1.165) is 13.1 Å². The average molecular weight is 251 g/mol.